The number of fused-ring (bicyclic) bond motifs is 1. The Bertz CT molecular complexity index is 859. The largest absolute Gasteiger partial charge is 0.497 e. The lowest BCUT2D eigenvalue weighted by atomic mass is 10.0. The smallest absolute Gasteiger partial charge is 0.312 e. The van der Waals surface area contributed by atoms with Crippen molar-refractivity contribution in [1.82, 2.24) is 0 Å². The Morgan fingerprint density at radius 1 is 1.07 bits per heavy atom. The summed E-state index contributed by atoms with van der Waals surface area (Å²) in [5, 5.41) is 9.38. The van der Waals surface area contributed by atoms with Crippen LogP contribution in [-0.4, -0.2) is 36.4 Å². The molecule has 0 saturated carbocycles. The van der Waals surface area contributed by atoms with Crippen molar-refractivity contribution < 1.29 is 24.2 Å². The predicted molar refractivity (Wildman–Crippen MR) is 100 cm³/mol. The number of para-hydroxylation sites is 1. The third kappa shape index (κ3) is 4.00. The number of methoxy groups -OCH3 is 1. The number of ketones is 1. The standard InChI is InChI=1S/C21H21NO5/c1-27-15-11-9-14(10-12-15)19(23)7-4-8-20(24)22-13-17(21(25)26)16-5-2-3-6-18(16)22/h2-3,5-6,9-12,17H,4,7-8,13H2,1H3,(H,25,26). The number of Topliss-reactive ketones (excluding diaryl/α,β-unsaturated/α-hetero) is 1. The molecule has 6 nitrogen and oxygen atoms in total. The van der Waals surface area contributed by atoms with Crippen molar-refractivity contribution in [2.45, 2.75) is 25.2 Å². The zero-order chi connectivity index (χ0) is 19.4. The SMILES string of the molecule is COc1ccc(C(=O)CCCC(=O)N2CC(C(=O)O)c3ccccc32)cc1. The molecule has 6 heteroatoms. The van der Waals surface area contributed by atoms with Crippen LogP contribution in [0.15, 0.2) is 48.5 Å². The Kier molecular flexibility index (Phi) is 5.54. The zero-order valence-electron chi connectivity index (χ0n) is 15.1. The number of hydrogen-bond acceptors (Lipinski definition) is 4. The lowest BCUT2D eigenvalue weighted by Crippen LogP contribution is -2.31. The van der Waals surface area contributed by atoms with Crippen molar-refractivity contribution in [3.8, 4) is 5.75 Å². The summed E-state index contributed by atoms with van der Waals surface area (Å²) < 4.78 is 5.07. The molecule has 0 radical (unpaired) electrons. The van der Waals surface area contributed by atoms with Gasteiger partial charge in [-0.25, -0.2) is 0 Å². The minimum Gasteiger partial charge on any atom is -0.497 e. The molecule has 0 aromatic heterocycles. The van der Waals surface area contributed by atoms with Gasteiger partial charge in [-0.1, -0.05) is 18.2 Å². The summed E-state index contributed by atoms with van der Waals surface area (Å²) in [6, 6.07) is 13.9. The second-order valence-electron chi connectivity index (χ2n) is 6.46. The van der Waals surface area contributed by atoms with Gasteiger partial charge >= 0.3 is 5.97 Å². The van der Waals surface area contributed by atoms with Gasteiger partial charge in [0.05, 0.1) is 7.11 Å². The molecular formula is C21H21NO5. The van der Waals surface area contributed by atoms with Crippen molar-refractivity contribution in [2.75, 3.05) is 18.6 Å². The third-order valence-corrected chi connectivity index (χ3v) is 4.77. The zero-order valence-corrected chi connectivity index (χ0v) is 15.1. The maximum absolute atomic E-state index is 12.6. The van der Waals surface area contributed by atoms with Gasteiger partial charge in [-0.2, -0.15) is 0 Å². The Hall–Kier alpha value is -3.15. The van der Waals surface area contributed by atoms with Gasteiger partial charge < -0.3 is 14.7 Å². The Morgan fingerprint density at radius 3 is 2.44 bits per heavy atom. The van der Waals surface area contributed by atoms with Crippen LogP contribution in [0.25, 0.3) is 0 Å². The molecule has 0 spiro atoms. The molecule has 1 unspecified atom stereocenters. The van der Waals surface area contributed by atoms with Crippen molar-refractivity contribution in [1.29, 1.82) is 0 Å². The molecular weight excluding hydrogens is 346 g/mol. The summed E-state index contributed by atoms with van der Waals surface area (Å²) in [7, 11) is 1.56. The molecule has 0 bridgehead atoms. The van der Waals surface area contributed by atoms with E-state index in [4.69, 9.17) is 4.74 Å². The highest BCUT2D eigenvalue weighted by Gasteiger charge is 2.35. The van der Waals surface area contributed by atoms with E-state index in [1.807, 2.05) is 0 Å². The minimum atomic E-state index is -0.938. The summed E-state index contributed by atoms with van der Waals surface area (Å²) in [6.45, 7) is 0.139. The van der Waals surface area contributed by atoms with Crippen LogP contribution < -0.4 is 9.64 Å². The molecule has 1 aliphatic rings. The Morgan fingerprint density at radius 2 is 1.78 bits per heavy atom. The Labute approximate surface area is 157 Å². The molecule has 0 fully saturated rings. The molecule has 0 aliphatic carbocycles. The molecule has 2 aromatic carbocycles. The highest BCUT2D eigenvalue weighted by atomic mass is 16.5. The summed E-state index contributed by atoms with van der Waals surface area (Å²) in [6.07, 6.45) is 0.874. The number of benzene rings is 2. The van der Waals surface area contributed by atoms with Gasteiger partial charge in [-0.15, -0.1) is 0 Å². The van der Waals surface area contributed by atoms with Gasteiger partial charge in [-0.05, 0) is 42.3 Å². The average molecular weight is 367 g/mol. The molecule has 27 heavy (non-hydrogen) atoms. The first-order chi connectivity index (χ1) is 13.0. The first-order valence-electron chi connectivity index (χ1n) is 8.80. The summed E-state index contributed by atoms with van der Waals surface area (Å²) in [5.41, 5.74) is 1.89. The number of anilines is 1. The Balaban J connectivity index is 1.58. The third-order valence-electron chi connectivity index (χ3n) is 4.77. The van der Waals surface area contributed by atoms with E-state index in [0.717, 1.165) is 0 Å². The first-order valence-corrected chi connectivity index (χ1v) is 8.80. The number of rotatable bonds is 7. The van der Waals surface area contributed by atoms with Gasteiger partial charge in [0.1, 0.15) is 11.7 Å². The number of carboxylic acids is 1. The van der Waals surface area contributed by atoms with Crippen molar-refractivity contribution in [2.24, 2.45) is 0 Å². The van der Waals surface area contributed by atoms with Gasteiger partial charge in [0.15, 0.2) is 5.78 Å². The van der Waals surface area contributed by atoms with Crippen LogP contribution in [-0.2, 0) is 9.59 Å². The number of aliphatic carboxylic acids is 1. The van der Waals surface area contributed by atoms with Crippen LogP contribution in [0.5, 0.6) is 5.75 Å². The number of carbonyl (C=O) groups is 3. The van der Waals surface area contributed by atoms with Crippen LogP contribution in [0.2, 0.25) is 0 Å². The normalized spacial score (nSPS) is 15.3. The quantitative estimate of drug-likeness (QED) is 0.760. The van der Waals surface area contributed by atoms with Gasteiger partial charge in [0.2, 0.25) is 5.91 Å². The molecule has 3 rings (SSSR count). The second kappa shape index (κ2) is 8.03. The second-order valence-corrected chi connectivity index (χ2v) is 6.46. The lowest BCUT2D eigenvalue weighted by molar-refractivity contribution is -0.138. The van der Waals surface area contributed by atoms with E-state index in [2.05, 4.69) is 0 Å². The van der Waals surface area contributed by atoms with E-state index in [0.29, 0.717) is 29.0 Å². The fourth-order valence-electron chi connectivity index (χ4n) is 3.31. The summed E-state index contributed by atoms with van der Waals surface area (Å²) in [4.78, 5) is 37.8. The minimum absolute atomic E-state index is 0.0318. The fourth-order valence-corrected chi connectivity index (χ4v) is 3.31. The van der Waals surface area contributed by atoms with E-state index >= 15 is 0 Å². The average Bonchev–Trinajstić information content (AvgIpc) is 3.08. The highest BCUT2D eigenvalue weighted by Crippen LogP contribution is 2.36. The molecule has 0 saturated heterocycles. The predicted octanol–water partition coefficient (Wildman–Crippen LogP) is 3.26. The number of hydrogen-bond donors (Lipinski definition) is 1. The number of carboxylic acid groups (broad SMARTS) is 1. The van der Waals surface area contributed by atoms with Gasteiger partial charge in [0, 0.05) is 30.6 Å². The van der Waals surface area contributed by atoms with Crippen LogP contribution in [0.1, 0.15) is 41.1 Å². The first kappa shape index (κ1) is 18.6. The molecule has 140 valence electrons. The molecule has 1 atom stereocenters. The van der Waals surface area contributed by atoms with Gasteiger partial charge in [0.25, 0.3) is 0 Å². The van der Waals surface area contributed by atoms with Crippen LogP contribution in [0, 0.1) is 0 Å². The van der Waals surface area contributed by atoms with E-state index in [1.165, 1.54) is 4.90 Å². The van der Waals surface area contributed by atoms with Gasteiger partial charge in [-0.3, -0.25) is 14.4 Å². The van der Waals surface area contributed by atoms with Crippen molar-refractivity contribution in [3.63, 3.8) is 0 Å². The number of nitrogens with zero attached hydrogens (tertiary/aromatic N) is 1. The molecule has 2 aromatic rings. The summed E-state index contributed by atoms with van der Waals surface area (Å²) in [5.74, 6) is -1.15. The topological polar surface area (TPSA) is 83.9 Å². The van der Waals surface area contributed by atoms with E-state index in [-0.39, 0.29) is 31.1 Å². The highest BCUT2D eigenvalue weighted by molar-refractivity contribution is 6.00. The van der Waals surface area contributed by atoms with Crippen molar-refractivity contribution >= 4 is 23.3 Å². The molecule has 1 N–H and O–H groups in total. The fraction of sp³-hybridized carbons (Fsp3) is 0.286. The maximum Gasteiger partial charge on any atom is 0.312 e. The van der Waals surface area contributed by atoms with Crippen LogP contribution >= 0.6 is 0 Å². The molecule has 1 amide bonds. The van der Waals surface area contributed by atoms with Crippen LogP contribution in [0.4, 0.5) is 5.69 Å². The lowest BCUT2D eigenvalue weighted by Gasteiger charge is -2.17. The molecule has 1 heterocycles. The van der Waals surface area contributed by atoms with Crippen LogP contribution in [0.3, 0.4) is 0 Å². The van der Waals surface area contributed by atoms with E-state index < -0.39 is 11.9 Å². The monoisotopic (exact) mass is 367 g/mol. The molecule has 1 aliphatic heterocycles. The van der Waals surface area contributed by atoms with E-state index in [1.54, 1.807) is 55.6 Å². The number of amides is 1. The number of ether oxygens (including phenoxy) is 1. The summed E-state index contributed by atoms with van der Waals surface area (Å²) >= 11 is 0. The van der Waals surface area contributed by atoms with E-state index in [9.17, 15) is 19.5 Å². The number of carbonyl (C=O) groups excluding carboxylic acids is 2. The maximum atomic E-state index is 12.6. The van der Waals surface area contributed by atoms with Crippen molar-refractivity contribution in [3.05, 3.63) is 59.7 Å².